The van der Waals surface area contributed by atoms with Crippen LogP contribution in [0.15, 0.2) is 0 Å². The molecule has 0 amide bonds. The van der Waals surface area contributed by atoms with Crippen LogP contribution in [-0.4, -0.2) is 49.9 Å². The number of hydrogen-bond acceptors (Lipinski definition) is 4. The number of rotatable bonds is 7. The van der Waals surface area contributed by atoms with Gasteiger partial charge in [-0.15, -0.1) is 0 Å². The summed E-state index contributed by atoms with van der Waals surface area (Å²) in [5.74, 6) is 0. The summed E-state index contributed by atoms with van der Waals surface area (Å²) in [4.78, 5) is 70.9. The second-order valence-electron chi connectivity index (χ2n) is 3.90. The maximum atomic E-state index is 11.2. The minimum absolute atomic E-state index is 0.911. The Morgan fingerprint density at radius 1 is 0.650 bits per heavy atom. The van der Waals surface area contributed by atoms with Crippen molar-refractivity contribution in [2.45, 2.75) is 17.5 Å². The lowest BCUT2D eigenvalue weighted by atomic mass is 10.4. The molecule has 12 nitrogen and oxygen atoms in total. The lowest BCUT2D eigenvalue weighted by molar-refractivity contribution is 0.293. The molecule has 0 spiro atoms. The maximum Gasteiger partial charge on any atom is 0.356 e. The van der Waals surface area contributed by atoms with Crippen LogP contribution in [-0.2, 0) is 18.3 Å². The van der Waals surface area contributed by atoms with Gasteiger partial charge in [0.1, 0.15) is 0 Å². The van der Waals surface area contributed by atoms with Gasteiger partial charge >= 0.3 is 30.4 Å². The molecule has 8 N–H and O–H groups in total. The highest BCUT2D eigenvalue weighted by molar-refractivity contribution is 7.88. The fourth-order valence-electron chi connectivity index (χ4n) is 1.47. The molecule has 0 aromatic carbocycles. The van der Waals surface area contributed by atoms with E-state index in [4.69, 9.17) is 39.1 Å². The fraction of sp³-hybridized carbons (Fsp3) is 1.00. The van der Waals surface area contributed by atoms with Gasteiger partial charge in [-0.2, -0.15) is 0 Å². The summed E-state index contributed by atoms with van der Waals surface area (Å²) in [6.07, 6.45) is -3.42. The normalized spacial score (nSPS) is 15.4. The second-order valence-corrected chi connectivity index (χ2v) is 12.3. The van der Waals surface area contributed by atoms with Crippen molar-refractivity contribution in [1.29, 1.82) is 0 Å². The summed E-state index contributed by atoms with van der Waals surface area (Å²) in [5.41, 5.74) is 0. The Kier molecular flexibility index (Phi) is 6.19. The van der Waals surface area contributed by atoms with Crippen LogP contribution in [0.1, 0.15) is 12.8 Å². The monoisotopic (exact) mass is 378 g/mol. The Morgan fingerprint density at radius 3 is 1.15 bits per heavy atom. The molecule has 0 saturated heterocycles. The first kappa shape index (κ1) is 20.6. The van der Waals surface area contributed by atoms with E-state index in [9.17, 15) is 18.3 Å². The Morgan fingerprint density at radius 2 is 0.950 bits per heavy atom. The largest absolute Gasteiger partial charge is 0.356 e. The zero-order valence-electron chi connectivity index (χ0n) is 9.62. The van der Waals surface area contributed by atoms with Crippen LogP contribution in [0.5, 0.6) is 0 Å². The Labute approximate surface area is 112 Å². The molecule has 20 heavy (non-hydrogen) atoms. The van der Waals surface area contributed by atoms with Crippen molar-refractivity contribution >= 4 is 30.4 Å². The summed E-state index contributed by atoms with van der Waals surface area (Å²) >= 11 is 0. The van der Waals surface area contributed by atoms with Gasteiger partial charge in [-0.25, -0.2) is 0 Å². The van der Waals surface area contributed by atoms with Crippen LogP contribution in [0.2, 0.25) is 0 Å². The molecule has 0 fully saturated rings. The second kappa shape index (κ2) is 6.01. The Hall–Kier alpha value is 0.600. The van der Waals surface area contributed by atoms with Gasteiger partial charge in [0.2, 0.25) is 0 Å². The van der Waals surface area contributed by atoms with Gasteiger partial charge in [0.25, 0.3) is 4.64 Å². The zero-order valence-corrected chi connectivity index (χ0v) is 13.2. The standard InChI is InChI=1S/C4H14O12P4/c5-17(6,7)3-1-2-4(18(8,9)10,19(11,12)13)20(14,15)16/h1-3H2,(H2,5,6,7)(H2,8,9,10)(H2,11,12,13)(H2,14,15,16). The molecular weight excluding hydrogens is 364 g/mol. The molecule has 0 aromatic rings. The summed E-state index contributed by atoms with van der Waals surface area (Å²) in [6.45, 7) is 0. The van der Waals surface area contributed by atoms with Crippen molar-refractivity contribution in [2.24, 2.45) is 0 Å². The third-order valence-electron chi connectivity index (χ3n) is 2.36. The molecule has 122 valence electrons. The molecule has 0 unspecified atom stereocenters. The van der Waals surface area contributed by atoms with Crippen molar-refractivity contribution < 1.29 is 57.4 Å². The highest BCUT2D eigenvalue weighted by Gasteiger charge is 2.71. The lowest BCUT2D eigenvalue weighted by Crippen LogP contribution is -2.29. The number of hydrogen-bond donors (Lipinski definition) is 8. The van der Waals surface area contributed by atoms with Crippen molar-refractivity contribution in [2.75, 3.05) is 6.16 Å². The van der Waals surface area contributed by atoms with E-state index in [1.807, 2.05) is 0 Å². The van der Waals surface area contributed by atoms with Crippen molar-refractivity contribution in [3.8, 4) is 0 Å². The minimum Gasteiger partial charge on any atom is -0.324 e. The fourth-order valence-corrected chi connectivity index (χ4v) is 7.46. The van der Waals surface area contributed by atoms with Gasteiger partial charge in [0.15, 0.2) is 0 Å². The molecule has 0 rings (SSSR count). The summed E-state index contributed by atoms with van der Waals surface area (Å²) in [6, 6.07) is 0. The van der Waals surface area contributed by atoms with E-state index in [-0.39, 0.29) is 0 Å². The summed E-state index contributed by atoms with van der Waals surface area (Å²) in [5, 5.41) is 0. The van der Waals surface area contributed by atoms with Gasteiger partial charge in [-0.05, 0) is 12.8 Å². The average molecular weight is 378 g/mol. The third-order valence-corrected chi connectivity index (χ3v) is 11.4. The highest BCUT2D eigenvalue weighted by Crippen LogP contribution is 2.84. The molecule has 0 aliphatic heterocycles. The molecule has 0 aliphatic carbocycles. The van der Waals surface area contributed by atoms with Gasteiger partial charge in [0, 0.05) is 6.16 Å². The first-order valence-corrected chi connectivity index (χ1v) is 11.3. The van der Waals surface area contributed by atoms with Gasteiger partial charge in [-0.1, -0.05) is 0 Å². The Balaban J connectivity index is 5.84. The predicted octanol–water partition coefficient (Wildman–Crippen LogP) is -0.869. The summed E-state index contributed by atoms with van der Waals surface area (Å²) in [7, 11) is -22.7. The van der Waals surface area contributed by atoms with Crippen LogP contribution in [0.3, 0.4) is 0 Å². The summed E-state index contributed by atoms with van der Waals surface area (Å²) < 4.78 is 40.2. The van der Waals surface area contributed by atoms with Crippen LogP contribution >= 0.6 is 30.4 Å². The molecule has 0 heterocycles. The SMILES string of the molecule is O=P(O)(O)CCCC(P(=O)(O)O)(P(=O)(O)O)P(=O)(O)O. The maximum absolute atomic E-state index is 11.2. The lowest BCUT2D eigenvalue weighted by Gasteiger charge is -2.34. The topological polar surface area (TPSA) is 230 Å². The van der Waals surface area contributed by atoms with Crippen LogP contribution in [0.4, 0.5) is 0 Å². The van der Waals surface area contributed by atoms with E-state index in [0.717, 1.165) is 0 Å². The van der Waals surface area contributed by atoms with Crippen LogP contribution in [0, 0.1) is 0 Å². The first-order valence-electron chi connectivity index (χ1n) is 4.67. The molecule has 0 radical (unpaired) electrons. The third kappa shape index (κ3) is 4.55. The molecule has 0 aromatic heterocycles. The van der Waals surface area contributed by atoms with E-state index < -0.39 is 54.0 Å². The van der Waals surface area contributed by atoms with Crippen LogP contribution < -0.4 is 0 Å². The molecule has 0 saturated carbocycles. The molecule has 16 heteroatoms. The smallest absolute Gasteiger partial charge is 0.324 e. The van der Waals surface area contributed by atoms with E-state index in [0.29, 0.717) is 0 Å². The van der Waals surface area contributed by atoms with Crippen molar-refractivity contribution in [3.63, 3.8) is 0 Å². The molecular formula is C4H14O12P4. The van der Waals surface area contributed by atoms with Crippen molar-refractivity contribution in [3.05, 3.63) is 0 Å². The van der Waals surface area contributed by atoms with E-state index >= 15 is 0 Å². The highest BCUT2D eigenvalue weighted by atomic mass is 31.3. The van der Waals surface area contributed by atoms with E-state index in [1.165, 1.54) is 0 Å². The molecule has 0 atom stereocenters. The minimum atomic E-state index is -6.01. The van der Waals surface area contributed by atoms with E-state index in [1.54, 1.807) is 0 Å². The molecule has 0 bridgehead atoms. The first-order chi connectivity index (χ1) is 8.46. The van der Waals surface area contributed by atoms with Gasteiger partial charge < -0.3 is 39.1 Å². The average Bonchev–Trinajstić information content (AvgIpc) is 2.03. The van der Waals surface area contributed by atoms with Crippen molar-refractivity contribution in [1.82, 2.24) is 0 Å². The van der Waals surface area contributed by atoms with Crippen LogP contribution in [0.25, 0.3) is 0 Å². The Bertz CT molecular complexity index is 473. The molecule has 0 aliphatic rings. The quantitative estimate of drug-likeness (QED) is 0.253. The van der Waals surface area contributed by atoms with Gasteiger partial charge in [0.05, 0.1) is 0 Å². The van der Waals surface area contributed by atoms with E-state index in [2.05, 4.69) is 0 Å². The van der Waals surface area contributed by atoms with Gasteiger partial charge in [-0.3, -0.25) is 18.3 Å². The zero-order chi connectivity index (χ0) is 16.6. The predicted molar refractivity (Wildman–Crippen MR) is 65.0 cm³/mol.